The van der Waals surface area contributed by atoms with Crippen molar-refractivity contribution in [3.63, 3.8) is 0 Å². The second kappa shape index (κ2) is 9.87. The monoisotopic (exact) mass is 473 g/mol. The van der Waals surface area contributed by atoms with Crippen LogP contribution in [0.5, 0.6) is 5.88 Å². The van der Waals surface area contributed by atoms with Crippen molar-refractivity contribution in [2.45, 2.75) is 38.5 Å². The zero-order valence-corrected chi connectivity index (χ0v) is 20.2. The van der Waals surface area contributed by atoms with Gasteiger partial charge in [-0.3, -0.25) is 14.5 Å². The van der Waals surface area contributed by atoms with E-state index in [9.17, 15) is 4.79 Å². The lowest BCUT2D eigenvalue weighted by atomic mass is 9.98. The van der Waals surface area contributed by atoms with E-state index in [2.05, 4.69) is 26.6 Å². The zero-order valence-electron chi connectivity index (χ0n) is 20.2. The van der Waals surface area contributed by atoms with E-state index in [0.717, 1.165) is 35.4 Å². The van der Waals surface area contributed by atoms with Crippen molar-refractivity contribution >= 4 is 11.8 Å². The minimum atomic E-state index is -0.613. The molecule has 182 valence electrons. The van der Waals surface area contributed by atoms with E-state index in [1.165, 1.54) is 43.8 Å². The highest BCUT2D eigenvalue weighted by Crippen LogP contribution is 2.28. The predicted molar refractivity (Wildman–Crippen MR) is 135 cm³/mol. The molecule has 1 aromatic carbocycles. The third kappa shape index (κ3) is 5.19. The van der Waals surface area contributed by atoms with Crippen LogP contribution in [0, 0.1) is 0 Å². The molecule has 9 heteroatoms. The molecule has 1 N–H and O–H groups in total. The lowest BCUT2D eigenvalue weighted by Crippen LogP contribution is -2.36. The van der Waals surface area contributed by atoms with E-state index < -0.39 is 5.66 Å². The van der Waals surface area contributed by atoms with Crippen LogP contribution >= 0.6 is 0 Å². The zero-order chi connectivity index (χ0) is 24.3. The number of nitrogens with one attached hydrogen (secondary N) is 1. The molecule has 2 aliphatic heterocycles. The summed E-state index contributed by atoms with van der Waals surface area (Å²) >= 11 is 0. The summed E-state index contributed by atoms with van der Waals surface area (Å²) in [6.45, 7) is 6.71. The normalized spacial score (nSPS) is 20.0. The van der Waals surface area contributed by atoms with Gasteiger partial charge >= 0.3 is 0 Å². The lowest BCUT2D eigenvalue weighted by molar-refractivity contribution is 0.316. The average Bonchev–Trinajstić information content (AvgIpc) is 3.57. The molecular weight excluding hydrogens is 442 g/mol. The second-order valence-corrected chi connectivity index (χ2v) is 9.19. The number of aromatic nitrogens is 4. The quantitative estimate of drug-likeness (QED) is 0.541. The Labute approximate surface area is 204 Å². The molecular formula is C26H31N7O2. The van der Waals surface area contributed by atoms with Crippen molar-refractivity contribution in [2.24, 2.45) is 4.99 Å². The van der Waals surface area contributed by atoms with E-state index in [0.29, 0.717) is 12.4 Å². The number of nitrogens with zero attached hydrogens (tertiary/aromatic N) is 6. The van der Waals surface area contributed by atoms with Crippen molar-refractivity contribution < 1.29 is 4.74 Å². The molecule has 2 aliphatic rings. The highest BCUT2D eigenvalue weighted by Gasteiger charge is 2.27. The molecule has 5 rings (SSSR count). The maximum atomic E-state index is 12.2. The van der Waals surface area contributed by atoms with Crippen LogP contribution in [0.15, 0.2) is 64.8 Å². The van der Waals surface area contributed by atoms with E-state index in [-0.39, 0.29) is 5.56 Å². The van der Waals surface area contributed by atoms with Crippen LogP contribution in [-0.2, 0) is 18.8 Å². The van der Waals surface area contributed by atoms with Crippen LogP contribution < -0.4 is 15.6 Å². The van der Waals surface area contributed by atoms with Crippen LogP contribution in [0.25, 0.3) is 5.57 Å². The Morgan fingerprint density at radius 3 is 2.77 bits per heavy atom. The maximum absolute atomic E-state index is 12.2. The van der Waals surface area contributed by atoms with Crippen molar-refractivity contribution in [1.29, 1.82) is 0 Å². The SMILES string of the molecule is COc1ccc(=O)n(Cc2cccc(C3(C)N=CC(c4cnn(CCN5CCCC5)c4)=CN3)c2)n1. The minimum absolute atomic E-state index is 0.176. The first-order chi connectivity index (χ1) is 17.0. The summed E-state index contributed by atoms with van der Waals surface area (Å²) in [6, 6.07) is 11.1. The number of hydrogen-bond acceptors (Lipinski definition) is 7. The van der Waals surface area contributed by atoms with Crippen LogP contribution in [-0.4, -0.2) is 57.4 Å². The Kier molecular flexibility index (Phi) is 6.50. The molecule has 1 saturated heterocycles. The van der Waals surface area contributed by atoms with Gasteiger partial charge in [0.25, 0.3) is 5.56 Å². The van der Waals surface area contributed by atoms with Gasteiger partial charge in [0.2, 0.25) is 5.88 Å². The smallest absolute Gasteiger partial charge is 0.267 e. The van der Waals surface area contributed by atoms with Gasteiger partial charge in [-0.25, -0.2) is 4.68 Å². The fraction of sp³-hybridized carbons (Fsp3) is 0.385. The molecule has 0 saturated carbocycles. The minimum Gasteiger partial charge on any atom is -0.480 e. The number of aliphatic imine (C=N–C) groups is 1. The van der Waals surface area contributed by atoms with E-state index >= 15 is 0 Å². The number of methoxy groups -OCH3 is 1. The van der Waals surface area contributed by atoms with Crippen molar-refractivity contribution in [2.75, 3.05) is 26.7 Å². The van der Waals surface area contributed by atoms with Gasteiger partial charge < -0.3 is 15.0 Å². The molecule has 0 spiro atoms. The van der Waals surface area contributed by atoms with Crippen LogP contribution in [0.2, 0.25) is 0 Å². The summed E-state index contributed by atoms with van der Waals surface area (Å²) in [4.78, 5) is 19.6. The molecule has 0 bridgehead atoms. The van der Waals surface area contributed by atoms with Crippen molar-refractivity contribution in [1.82, 2.24) is 29.8 Å². The molecule has 1 unspecified atom stereocenters. The second-order valence-electron chi connectivity index (χ2n) is 9.19. The first-order valence-electron chi connectivity index (χ1n) is 12.0. The molecule has 0 aliphatic carbocycles. The molecule has 4 heterocycles. The molecule has 1 fully saturated rings. The Balaban J connectivity index is 1.26. The highest BCUT2D eigenvalue weighted by molar-refractivity contribution is 6.10. The molecule has 0 radical (unpaired) electrons. The van der Waals surface area contributed by atoms with Gasteiger partial charge in [0.1, 0.15) is 0 Å². The Morgan fingerprint density at radius 1 is 1.14 bits per heavy atom. The maximum Gasteiger partial charge on any atom is 0.267 e. The number of likely N-dealkylation sites (tertiary alicyclic amines) is 1. The largest absolute Gasteiger partial charge is 0.480 e. The molecule has 1 atom stereocenters. The van der Waals surface area contributed by atoms with E-state index in [4.69, 9.17) is 9.73 Å². The fourth-order valence-corrected chi connectivity index (χ4v) is 4.49. The number of allylic oxidation sites excluding steroid dienone is 1. The number of rotatable bonds is 8. The van der Waals surface area contributed by atoms with Gasteiger partial charge in [0, 0.05) is 48.4 Å². The highest BCUT2D eigenvalue weighted by atomic mass is 16.5. The molecule has 0 amide bonds. The number of hydrogen-bond donors (Lipinski definition) is 1. The molecule has 2 aromatic heterocycles. The predicted octanol–water partition coefficient (Wildman–Crippen LogP) is 2.48. The van der Waals surface area contributed by atoms with E-state index in [1.807, 2.05) is 54.5 Å². The Bertz CT molecular complexity index is 1300. The summed E-state index contributed by atoms with van der Waals surface area (Å²) in [6.07, 6.45) is 10.5. The van der Waals surface area contributed by atoms with Crippen LogP contribution in [0.3, 0.4) is 0 Å². The van der Waals surface area contributed by atoms with Gasteiger partial charge in [-0.1, -0.05) is 18.2 Å². The summed E-state index contributed by atoms with van der Waals surface area (Å²) in [5, 5.41) is 12.2. The third-order valence-corrected chi connectivity index (χ3v) is 6.65. The first-order valence-corrected chi connectivity index (χ1v) is 12.0. The average molecular weight is 474 g/mol. The third-order valence-electron chi connectivity index (χ3n) is 6.65. The topological polar surface area (TPSA) is 89.6 Å². The van der Waals surface area contributed by atoms with Crippen molar-refractivity contribution in [3.05, 3.63) is 82.0 Å². The first kappa shape index (κ1) is 23.0. The molecule has 9 nitrogen and oxygen atoms in total. The summed E-state index contributed by atoms with van der Waals surface area (Å²) in [7, 11) is 1.53. The van der Waals surface area contributed by atoms with Gasteiger partial charge in [0.15, 0.2) is 5.66 Å². The van der Waals surface area contributed by atoms with Crippen LogP contribution in [0.4, 0.5) is 0 Å². The Hall–Kier alpha value is -3.72. The van der Waals surface area contributed by atoms with E-state index in [1.54, 1.807) is 6.07 Å². The summed E-state index contributed by atoms with van der Waals surface area (Å²) in [5.74, 6) is 0.406. The van der Waals surface area contributed by atoms with Gasteiger partial charge in [-0.2, -0.15) is 5.10 Å². The molecule has 3 aromatic rings. The van der Waals surface area contributed by atoms with Gasteiger partial charge in [-0.15, -0.1) is 5.10 Å². The molecule has 35 heavy (non-hydrogen) atoms. The van der Waals surface area contributed by atoms with Gasteiger partial charge in [0.05, 0.1) is 26.4 Å². The standard InChI is InChI=1S/C26H31N7O2/c1-26(23-7-5-6-20(14-23)18-33-25(34)9-8-24(30-33)35-2)27-15-21(16-28-26)22-17-29-32(19-22)13-12-31-10-3-4-11-31/h5-9,14-17,19,27H,3-4,10-13,18H2,1-2H3. The van der Waals surface area contributed by atoms with Crippen molar-refractivity contribution in [3.8, 4) is 5.88 Å². The van der Waals surface area contributed by atoms with Gasteiger partial charge in [-0.05, 0) is 50.0 Å². The van der Waals surface area contributed by atoms with Crippen LogP contribution in [0.1, 0.15) is 36.5 Å². The Morgan fingerprint density at radius 2 is 2.00 bits per heavy atom. The number of benzene rings is 1. The summed E-state index contributed by atoms with van der Waals surface area (Å²) < 4.78 is 8.56. The fourth-order valence-electron chi connectivity index (χ4n) is 4.49. The number of ether oxygens (including phenoxy) is 1. The lowest BCUT2D eigenvalue weighted by Gasteiger charge is -2.30. The summed E-state index contributed by atoms with van der Waals surface area (Å²) in [5.41, 5.74) is 3.21.